The summed E-state index contributed by atoms with van der Waals surface area (Å²) < 4.78 is 0. The fraction of sp³-hybridized carbons (Fsp3) is 0.167. The quantitative estimate of drug-likeness (QED) is 0.788. The van der Waals surface area contributed by atoms with Gasteiger partial charge in [-0.05, 0) is 49.2 Å². The summed E-state index contributed by atoms with van der Waals surface area (Å²) in [5, 5.41) is 0.701. The zero-order chi connectivity index (χ0) is 15.0. The minimum atomic E-state index is -0.0579. The van der Waals surface area contributed by atoms with Gasteiger partial charge in [-0.2, -0.15) is 0 Å². The second-order valence-electron chi connectivity index (χ2n) is 5.39. The highest BCUT2D eigenvalue weighted by Crippen LogP contribution is 2.37. The van der Waals surface area contributed by atoms with E-state index in [1.807, 2.05) is 67.3 Å². The van der Waals surface area contributed by atoms with Gasteiger partial charge in [0.15, 0.2) is 0 Å². The maximum atomic E-state index is 12.3. The Morgan fingerprint density at radius 3 is 2.19 bits per heavy atom. The first-order valence-corrected chi connectivity index (χ1v) is 7.27. The van der Waals surface area contributed by atoms with E-state index in [1.165, 1.54) is 5.56 Å². The van der Waals surface area contributed by atoms with Crippen molar-refractivity contribution in [3.63, 3.8) is 0 Å². The third-order valence-corrected chi connectivity index (χ3v) is 4.03. The molecular weight excluding hydrogens is 282 g/mol. The molecule has 0 N–H and O–H groups in total. The summed E-state index contributed by atoms with van der Waals surface area (Å²) in [5.41, 5.74) is 4.21. The molecule has 0 unspecified atom stereocenters. The van der Waals surface area contributed by atoms with Gasteiger partial charge in [0.1, 0.15) is 0 Å². The van der Waals surface area contributed by atoms with Gasteiger partial charge < -0.3 is 0 Å². The van der Waals surface area contributed by atoms with E-state index in [1.54, 1.807) is 6.08 Å². The maximum absolute atomic E-state index is 12.3. The smallest absolute Gasteiger partial charge is 0.251 e. The van der Waals surface area contributed by atoms with Gasteiger partial charge in [0.25, 0.3) is 5.91 Å². The first-order chi connectivity index (χ1) is 10.1. The van der Waals surface area contributed by atoms with Crippen molar-refractivity contribution in [1.29, 1.82) is 0 Å². The monoisotopic (exact) mass is 297 g/mol. The van der Waals surface area contributed by atoms with Crippen molar-refractivity contribution in [2.24, 2.45) is 0 Å². The van der Waals surface area contributed by atoms with E-state index < -0.39 is 0 Å². The molecule has 1 atom stereocenters. The molecule has 0 saturated heterocycles. The van der Waals surface area contributed by atoms with Crippen LogP contribution in [-0.4, -0.2) is 5.91 Å². The van der Waals surface area contributed by atoms with Crippen LogP contribution in [0.4, 0.5) is 5.69 Å². The number of benzene rings is 2. The average Bonchev–Trinajstić information content (AvgIpc) is 2.75. The molecule has 0 spiro atoms. The first-order valence-electron chi connectivity index (χ1n) is 6.90. The largest absolute Gasteiger partial charge is 0.298 e. The summed E-state index contributed by atoms with van der Waals surface area (Å²) in [6.45, 7) is 4.03. The molecule has 0 aromatic heterocycles. The van der Waals surface area contributed by atoms with E-state index in [0.717, 1.165) is 16.8 Å². The van der Waals surface area contributed by atoms with Crippen LogP contribution < -0.4 is 4.90 Å². The predicted molar refractivity (Wildman–Crippen MR) is 86.6 cm³/mol. The van der Waals surface area contributed by atoms with Crippen molar-refractivity contribution in [2.75, 3.05) is 4.90 Å². The van der Waals surface area contributed by atoms with Crippen molar-refractivity contribution in [3.05, 3.63) is 76.3 Å². The minimum Gasteiger partial charge on any atom is -0.298 e. The summed E-state index contributed by atoms with van der Waals surface area (Å²) in [4.78, 5) is 14.2. The number of anilines is 1. The lowest BCUT2D eigenvalue weighted by Crippen LogP contribution is -2.28. The Labute approximate surface area is 129 Å². The third kappa shape index (κ3) is 2.59. The number of carbonyl (C=O) groups is 1. The average molecular weight is 298 g/mol. The number of hydrogen-bond acceptors (Lipinski definition) is 1. The molecule has 2 aromatic carbocycles. The molecule has 1 aliphatic heterocycles. The normalized spacial score (nSPS) is 18.0. The van der Waals surface area contributed by atoms with Gasteiger partial charge in [0.05, 0.1) is 6.04 Å². The summed E-state index contributed by atoms with van der Waals surface area (Å²) in [7, 11) is 0. The lowest BCUT2D eigenvalue weighted by Gasteiger charge is -2.27. The van der Waals surface area contributed by atoms with Crippen molar-refractivity contribution >= 4 is 23.2 Å². The number of carbonyl (C=O) groups excluding carboxylic acids is 1. The Morgan fingerprint density at radius 1 is 0.952 bits per heavy atom. The molecule has 0 radical (unpaired) electrons. The summed E-state index contributed by atoms with van der Waals surface area (Å²) in [6.07, 6.45) is 1.71. The number of halogens is 1. The molecule has 2 aromatic rings. The second-order valence-corrected chi connectivity index (χ2v) is 5.82. The highest BCUT2D eigenvalue weighted by Gasteiger charge is 2.32. The molecule has 21 heavy (non-hydrogen) atoms. The molecule has 0 aliphatic carbocycles. The fourth-order valence-electron chi connectivity index (χ4n) is 2.71. The molecule has 0 saturated carbocycles. The summed E-state index contributed by atoms with van der Waals surface area (Å²) >= 11 is 5.96. The van der Waals surface area contributed by atoms with Crippen LogP contribution in [0.15, 0.2) is 60.2 Å². The van der Waals surface area contributed by atoms with Crippen molar-refractivity contribution < 1.29 is 4.79 Å². The minimum absolute atomic E-state index is 0.0244. The predicted octanol–water partition coefficient (Wildman–Crippen LogP) is 4.68. The van der Waals surface area contributed by atoms with Crippen LogP contribution in [0.25, 0.3) is 0 Å². The zero-order valence-corrected chi connectivity index (χ0v) is 12.8. The molecule has 0 bridgehead atoms. The third-order valence-electron chi connectivity index (χ3n) is 3.78. The maximum Gasteiger partial charge on any atom is 0.251 e. The SMILES string of the molecule is CC1=CC(=O)N(c2ccc(C)cc2)[C@H]1c1ccc(Cl)cc1. The van der Waals surface area contributed by atoms with Crippen LogP contribution in [-0.2, 0) is 4.79 Å². The standard InChI is InChI=1S/C18H16ClNO/c1-12-3-9-16(10-4-12)20-17(21)11-13(2)18(20)14-5-7-15(19)8-6-14/h3-11,18H,1-2H3/t18-/m1/s1. The van der Waals surface area contributed by atoms with Gasteiger partial charge in [-0.25, -0.2) is 0 Å². The molecule has 1 aliphatic rings. The Hall–Kier alpha value is -2.06. The fourth-order valence-corrected chi connectivity index (χ4v) is 2.84. The van der Waals surface area contributed by atoms with E-state index in [0.29, 0.717) is 5.02 Å². The van der Waals surface area contributed by atoms with Gasteiger partial charge in [-0.15, -0.1) is 0 Å². The number of aryl methyl sites for hydroxylation is 1. The highest BCUT2D eigenvalue weighted by atomic mass is 35.5. The van der Waals surface area contributed by atoms with Gasteiger partial charge in [-0.1, -0.05) is 41.4 Å². The summed E-state index contributed by atoms with van der Waals surface area (Å²) in [5.74, 6) is 0.0244. The molecule has 106 valence electrons. The lowest BCUT2D eigenvalue weighted by molar-refractivity contribution is -0.113. The zero-order valence-electron chi connectivity index (χ0n) is 12.0. The Balaban J connectivity index is 2.03. The number of amides is 1. The summed E-state index contributed by atoms with van der Waals surface area (Å²) in [6, 6.07) is 15.6. The van der Waals surface area contributed by atoms with Gasteiger partial charge in [0, 0.05) is 16.8 Å². The first kappa shape index (κ1) is 13.9. The number of rotatable bonds is 2. The molecule has 1 amide bonds. The Bertz CT molecular complexity index is 701. The molecule has 1 heterocycles. The van der Waals surface area contributed by atoms with E-state index in [2.05, 4.69) is 0 Å². The van der Waals surface area contributed by atoms with Crippen LogP contribution in [0, 0.1) is 6.92 Å². The van der Waals surface area contributed by atoms with E-state index in [9.17, 15) is 4.79 Å². The number of nitrogens with zero attached hydrogens (tertiary/aromatic N) is 1. The molecule has 0 fully saturated rings. The molecule has 3 heteroatoms. The van der Waals surface area contributed by atoms with E-state index in [-0.39, 0.29) is 11.9 Å². The van der Waals surface area contributed by atoms with Crippen LogP contribution in [0.3, 0.4) is 0 Å². The molecule has 2 nitrogen and oxygen atoms in total. The topological polar surface area (TPSA) is 20.3 Å². The van der Waals surface area contributed by atoms with Crippen molar-refractivity contribution in [1.82, 2.24) is 0 Å². The van der Waals surface area contributed by atoms with Gasteiger partial charge in [-0.3, -0.25) is 9.69 Å². The van der Waals surface area contributed by atoms with Crippen LogP contribution in [0.5, 0.6) is 0 Å². The van der Waals surface area contributed by atoms with Crippen LogP contribution >= 0.6 is 11.6 Å². The molecular formula is C18H16ClNO. The van der Waals surface area contributed by atoms with Crippen molar-refractivity contribution in [2.45, 2.75) is 19.9 Å². The molecule has 3 rings (SSSR count). The Kier molecular flexibility index (Phi) is 3.56. The van der Waals surface area contributed by atoms with Gasteiger partial charge in [0.2, 0.25) is 0 Å². The lowest BCUT2D eigenvalue weighted by atomic mass is 10.0. The van der Waals surface area contributed by atoms with E-state index in [4.69, 9.17) is 11.6 Å². The van der Waals surface area contributed by atoms with Crippen LogP contribution in [0.2, 0.25) is 5.02 Å². The number of hydrogen-bond donors (Lipinski definition) is 0. The van der Waals surface area contributed by atoms with Crippen molar-refractivity contribution in [3.8, 4) is 0 Å². The van der Waals surface area contributed by atoms with E-state index >= 15 is 0 Å². The van der Waals surface area contributed by atoms with Gasteiger partial charge >= 0.3 is 0 Å². The highest BCUT2D eigenvalue weighted by molar-refractivity contribution is 6.30. The van der Waals surface area contributed by atoms with Crippen LogP contribution in [0.1, 0.15) is 24.1 Å². The second kappa shape index (κ2) is 5.38. The Morgan fingerprint density at radius 2 is 1.57 bits per heavy atom.